The standard InChI is InChI=1S/C20H20F2N4O/c1-25-6-8-26(9-7-25)19-5-3-14(11-17(19)22)23-12-16-15-10-13(21)2-4-18(15)24-20(16)27/h2-5,10-12,24,27H,6-9H2,1H3. The van der Waals surface area contributed by atoms with E-state index in [1.807, 2.05) is 4.90 Å². The van der Waals surface area contributed by atoms with E-state index in [4.69, 9.17) is 0 Å². The first kappa shape index (κ1) is 17.5. The number of H-pyrrole nitrogens is 1. The minimum absolute atomic E-state index is 0.103. The van der Waals surface area contributed by atoms with E-state index in [9.17, 15) is 13.9 Å². The minimum Gasteiger partial charge on any atom is -0.494 e. The average molecular weight is 370 g/mol. The number of aromatic hydroxyl groups is 1. The van der Waals surface area contributed by atoms with Gasteiger partial charge in [-0.15, -0.1) is 0 Å². The molecule has 7 heteroatoms. The van der Waals surface area contributed by atoms with Gasteiger partial charge in [0.2, 0.25) is 0 Å². The summed E-state index contributed by atoms with van der Waals surface area (Å²) in [4.78, 5) is 11.3. The molecule has 0 spiro atoms. The number of piperazine rings is 1. The number of hydrogen-bond donors (Lipinski definition) is 2. The maximum Gasteiger partial charge on any atom is 0.198 e. The molecule has 140 valence electrons. The van der Waals surface area contributed by atoms with Crippen LogP contribution in [0.4, 0.5) is 20.2 Å². The monoisotopic (exact) mass is 370 g/mol. The van der Waals surface area contributed by atoms with Crippen molar-refractivity contribution in [2.24, 2.45) is 4.99 Å². The molecule has 27 heavy (non-hydrogen) atoms. The van der Waals surface area contributed by atoms with E-state index in [0.29, 0.717) is 27.8 Å². The number of anilines is 1. The topological polar surface area (TPSA) is 54.9 Å². The first-order valence-corrected chi connectivity index (χ1v) is 8.78. The summed E-state index contributed by atoms with van der Waals surface area (Å²) in [5.41, 5.74) is 1.97. The summed E-state index contributed by atoms with van der Waals surface area (Å²) < 4.78 is 28.0. The Labute approximate surface area is 155 Å². The van der Waals surface area contributed by atoms with Crippen molar-refractivity contribution in [2.45, 2.75) is 0 Å². The van der Waals surface area contributed by atoms with Crippen LogP contribution in [0.2, 0.25) is 0 Å². The number of benzene rings is 2. The lowest BCUT2D eigenvalue weighted by Gasteiger charge is -2.34. The van der Waals surface area contributed by atoms with Crippen LogP contribution in [0.5, 0.6) is 5.88 Å². The minimum atomic E-state index is -0.404. The number of rotatable bonds is 3. The fourth-order valence-electron chi connectivity index (χ4n) is 3.32. The van der Waals surface area contributed by atoms with E-state index in [0.717, 1.165) is 26.2 Å². The second kappa shape index (κ2) is 7.00. The Balaban J connectivity index is 1.59. The molecule has 1 saturated heterocycles. The molecule has 1 aromatic heterocycles. The summed E-state index contributed by atoms with van der Waals surface area (Å²) in [7, 11) is 2.05. The Morgan fingerprint density at radius 2 is 1.85 bits per heavy atom. The average Bonchev–Trinajstić information content (AvgIpc) is 2.95. The summed E-state index contributed by atoms with van der Waals surface area (Å²) >= 11 is 0. The highest BCUT2D eigenvalue weighted by atomic mass is 19.1. The van der Waals surface area contributed by atoms with Gasteiger partial charge in [-0.2, -0.15) is 0 Å². The van der Waals surface area contributed by atoms with Gasteiger partial charge in [0.25, 0.3) is 0 Å². The van der Waals surface area contributed by atoms with Crippen LogP contribution in [0.15, 0.2) is 41.4 Å². The summed E-state index contributed by atoms with van der Waals surface area (Å²) in [6.45, 7) is 3.36. The van der Waals surface area contributed by atoms with Gasteiger partial charge in [-0.1, -0.05) is 0 Å². The van der Waals surface area contributed by atoms with E-state index >= 15 is 0 Å². The molecule has 2 N–H and O–H groups in total. The molecule has 0 radical (unpaired) electrons. The summed E-state index contributed by atoms with van der Waals surface area (Å²) in [5.74, 6) is -0.837. The number of halogens is 2. The fraction of sp³-hybridized carbons (Fsp3) is 0.250. The van der Waals surface area contributed by atoms with Crippen molar-refractivity contribution < 1.29 is 13.9 Å². The summed E-state index contributed by atoms with van der Waals surface area (Å²) in [5, 5.41) is 10.6. The van der Waals surface area contributed by atoms with Gasteiger partial charge in [-0.25, -0.2) is 8.78 Å². The highest BCUT2D eigenvalue weighted by molar-refractivity contribution is 6.02. The van der Waals surface area contributed by atoms with Crippen LogP contribution in [0.25, 0.3) is 10.9 Å². The van der Waals surface area contributed by atoms with Crippen molar-refractivity contribution in [3.63, 3.8) is 0 Å². The molecule has 1 fully saturated rings. The molecular weight excluding hydrogens is 350 g/mol. The van der Waals surface area contributed by atoms with Crippen LogP contribution in [0, 0.1) is 11.6 Å². The molecule has 4 rings (SSSR count). The Morgan fingerprint density at radius 1 is 1.07 bits per heavy atom. The van der Waals surface area contributed by atoms with Crippen molar-refractivity contribution in [3.05, 3.63) is 53.6 Å². The van der Waals surface area contributed by atoms with E-state index in [1.165, 1.54) is 24.4 Å². The molecule has 1 aliphatic heterocycles. The molecular formula is C20H20F2N4O. The van der Waals surface area contributed by atoms with Gasteiger partial charge < -0.3 is 19.9 Å². The third-order valence-electron chi connectivity index (χ3n) is 4.90. The smallest absolute Gasteiger partial charge is 0.198 e. The van der Waals surface area contributed by atoms with Crippen LogP contribution in [0.1, 0.15) is 5.56 Å². The van der Waals surface area contributed by atoms with E-state index in [2.05, 4.69) is 21.9 Å². The molecule has 1 aliphatic rings. The maximum absolute atomic E-state index is 14.5. The Hall–Kier alpha value is -2.93. The van der Waals surface area contributed by atoms with Crippen molar-refractivity contribution in [1.82, 2.24) is 9.88 Å². The highest BCUT2D eigenvalue weighted by Gasteiger charge is 2.17. The van der Waals surface area contributed by atoms with Gasteiger partial charge in [0.15, 0.2) is 5.88 Å². The number of nitrogens with zero attached hydrogens (tertiary/aromatic N) is 3. The van der Waals surface area contributed by atoms with Gasteiger partial charge in [0.1, 0.15) is 11.6 Å². The SMILES string of the molecule is CN1CCN(c2ccc(N=Cc3c(O)[nH]c4ccc(F)cc34)cc2F)CC1. The number of fused-ring (bicyclic) bond motifs is 1. The lowest BCUT2D eigenvalue weighted by molar-refractivity contribution is 0.311. The Bertz CT molecular complexity index is 1010. The number of likely N-dealkylation sites (N-methyl/N-ethyl adjacent to an activating group) is 1. The zero-order valence-electron chi connectivity index (χ0n) is 14.9. The predicted octanol–water partition coefficient (Wildman–Crippen LogP) is 3.65. The number of nitrogens with one attached hydrogen (secondary N) is 1. The van der Waals surface area contributed by atoms with Crippen LogP contribution in [-0.4, -0.2) is 54.4 Å². The fourth-order valence-corrected chi connectivity index (χ4v) is 3.32. The van der Waals surface area contributed by atoms with E-state index in [1.54, 1.807) is 18.2 Å². The number of aromatic amines is 1. The maximum atomic E-state index is 14.5. The molecule has 2 aromatic carbocycles. The molecule has 0 bridgehead atoms. The van der Waals surface area contributed by atoms with Gasteiger partial charge in [-0.3, -0.25) is 4.99 Å². The normalized spacial score (nSPS) is 15.9. The van der Waals surface area contributed by atoms with Crippen LogP contribution in [0.3, 0.4) is 0 Å². The molecule has 0 saturated carbocycles. The van der Waals surface area contributed by atoms with Crippen molar-refractivity contribution in [2.75, 3.05) is 38.1 Å². The Kier molecular flexibility index (Phi) is 4.53. The first-order valence-electron chi connectivity index (χ1n) is 8.78. The van der Waals surface area contributed by atoms with E-state index < -0.39 is 5.82 Å². The lowest BCUT2D eigenvalue weighted by atomic mass is 10.2. The molecule has 0 atom stereocenters. The lowest BCUT2D eigenvalue weighted by Crippen LogP contribution is -2.44. The molecule has 2 heterocycles. The van der Waals surface area contributed by atoms with Gasteiger partial charge in [0, 0.05) is 49.4 Å². The number of aromatic nitrogens is 1. The number of hydrogen-bond acceptors (Lipinski definition) is 4. The van der Waals surface area contributed by atoms with Gasteiger partial charge in [0.05, 0.1) is 16.9 Å². The molecule has 0 amide bonds. The Morgan fingerprint density at radius 3 is 2.59 bits per heavy atom. The molecule has 5 nitrogen and oxygen atoms in total. The van der Waals surface area contributed by atoms with Crippen molar-refractivity contribution in [1.29, 1.82) is 0 Å². The van der Waals surface area contributed by atoms with Crippen LogP contribution >= 0.6 is 0 Å². The van der Waals surface area contributed by atoms with Crippen molar-refractivity contribution in [3.8, 4) is 5.88 Å². The highest BCUT2D eigenvalue weighted by Crippen LogP contribution is 2.28. The summed E-state index contributed by atoms with van der Waals surface area (Å²) in [6.07, 6.45) is 1.41. The summed E-state index contributed by atoms with van der Waals surface area (Å²) in [6, 6.07) is 9.01. The van der Waals surface area contributed by atoms with Crippen molar-refractivity contribution >= 4 is 28.5 Å². The van der Waals surface area contributed by atoms with E-state index in [-0.39, 0.29) is 11.7 Å². The van der Waals surface area contributed by atoms with Gasteiger partial charge in [-0.05, 0) is 37.4 Å². The zero-order chi connectivity index (χ0) is 19.0. The zero-order valence-corrected chi connectivity index (χ0v) is 14.9. The number of aliphatic imine (C=N–C) groups is 1. The second-order valence-electron chi connectivity index (χ2n) is 6.76. The molecule has 3 aromatic rings. The first-order chi connectivity index (χ1) is 13.0. The quantitative estimate of drug-likeness (QED) is 0.692. The molecule has 0 aliphatic carbocycles. The van der Waals surface area contributed by atoms with Crippen LogP contribution < -0.4 is 4.90 Å². The van der Waals surface area contributed by atoms with Gasteiger partial charge >= 0.3 is 0 Å². The second-order valence-corrected chi connectivity index (χ2v) is 6.76. The predicted molar refractivity (Wildman–Crippen MR) is 103 cm³/mol. The largest absolute Gasteiger partial charge is 0.494 e. The third-order valence-corrected chi connectivity index (χ3v) is 4.90. The third kappa shape index (κ3) is 3.50. The van der Waals surface area contributed by atoms with Crippen LogP contribution in [-0.2, 0) is 0 Å². The molecule has 0 unspecified atom stereocenters.